The molecule has 0 unspecified atom stereocenters. The summed E-state index contributed by atoms with van der Waals surface area (Å²) in [7, 11) is 0. The lowest BCUT2D eigenvalue weighted by Crippen LogP contribution is -2.20. The predicted molar refractivity (Wildman–Crippen MR) is 139 cm³/mol. The maximum atomic E-state index is 13.4. The summed E-state index contributed by atoms with van der Waals surface area (Å²) in [4.78, 5) is 18.1. The number of fused-ring (bicyclic) bond motifs is 1. The standard InChI is InChI=1S/C28H19BrFN3O2/c29-22-12-15-26(35-18-19-10-13-23(30)14-11-19)21(16-22)17-31-33-27(20-6-2-1-3-7-20)32-25-9-5-4-8-24(25)28(33)34/h1-17H,18H2. The van der Waals surface area contributed by atoms with Crippen molar-refractivity contribution in [3.8, 4) is 17.1 Å². The minimum atomic E-state index is -0.297. The van der Waals surface area contributed by atoms with Gasteiger partial charge in [-0.05, 0) is 48.0 Å². The zero-order valence-electron chi connectivity index (χ0n) is 18.4. The number of ether oxygens (including phenoxy) is 1. The van der Waals surface area contributed by atoms with Gasteiger partial charge in [0.2, 0.25) is 0 Å². The summed E-state index contributed by atoms with van der Waals surface area (Å²) in [6.07, 6.45) is 1.58. The molecule has 0 atom stereocenters. The predicted octanol–water partition coefficient (Wildman–Crippen LogP) is 6.43. The number of rotatable bonds is 6. The molecule has 0 aliphatic carbocycles. The van der Waals surface area contributed by atoms with Crippen molar-refractivity contribution in [1.29, 1.82) is 0 Å². The molecule has 0 aliphatic rings. The molecule has 0 aliphatic heterocycles. The van der Waals surface area contributed by atoms with E-state index in [4.69, 9.17) is 9.72 Å². The molecule has 1 heterocycles. The second-order valence-corrected chi connectivity index (χ2v) is 8.69. The minimum Gasteiger partial charge on any atom is -0.488 e. The second kappa shape index (κ2) is 10.0. The Morgan fingerprint density at radius 3 is 2.49 bits per heavy atom. The molecule has 0 radical (unpaired) electrons. The van der Waals surface area contributed by atoms with Gasteiger partial charge in [0.15, 0.2) is 5.82 Å². The largest absolute Gasteiger partial charge is 0.488 e. The summed E-state index contributed by atoms with van der Waals surface area (Å²) in [6, 6.07) is 28.3. The average molecular weight is 528 g/mol. The van der Waals surface area contributed by atoms with E-state index in [0.717, 1.165) is 15.6 Å². The summed E-state index contributed by atoms with van der Waals surface area (Å²) in [5.74, 6) is 0.715. The summed E-state index contributed by atoms with van der Waals surface area (Å²) in [5.41, 5.74) is 2.61. The number of para-hydroxylation sites is 1. The quantitative estimate of drug-likeness (QED) is 0.239. The Kier molecular flexibility index (Phi) is 6.50. The van der Waals surface area contributed by atoms with Gasteiger partial charge in [-0.1, -0.05) is 70.5 Å². The van der Waals surface area contributed by atoms with Crippen LogP contribution >= 0.6 is 15.9 Å². The molecule has 0 amide bonds. The van der Waals surface area contributed by atoms with Crippen LogP contribution in [0.5, 0.6) is 5.75 Å². The maximum Gasteiger partial charge on any atom is 0.282 e. The van der Waals surface area contributed by atoms with Crippen molar-refractivity contribution in [1.82, 2.24) is 9.66 Å². The Labute approximate surface area is 209 Å². The summed E-state index contributed by atoms with van der Waals surface area (Å²) >= 11 is 3.48. The van der Waals surface area contributed by atoms with Gasteiger partial charge in [0.1, 0.15) is 18.2 Å². The van der Waals surface area contributed by atoms with E-state index < -0.39 is 0 Å². The molecule has 0 spiro atoms. The van der Waals surface area contributed by atoms with Crippen molar-refractivity contribution in [2.45, 2.75) is 6.61 Å². The monoisotopic (exact) mass is 527 g/mol. The Hall–Kier alpha value is -4.10. The highest BCUT2D eigenvalue weighted by molar-refractivity contribution is 9.10. The number of hydrogen-bond acceptors (Lipinski definition) is 4. The van der Waals surface area contributed by atoms with Crippen molar-refractivity contribution in [2.75, 3.05) is 0 Å². The first kappa shape index (κ1) is 22.7. The molecule has 5 rings (SSSR count). The normalized spacial score (nSPS) is 11.3. The van der Waals surface area contributed by atoms with Crippen LogP contribution in [0, 0.1) is 5.82 Å². The number of halogens is 2. The summed E-state index contributed by atoms with van der Waals surface area (Å²) in [6.45, 7) is 0.259. The van der Waals surface area contributed by atoms with Gasteiger partial charge in [0.05, 0.1) is 17.1 Å². The third-order valence-corrected chi connectivity index (χ3v) is 5.87. The first-order valence-electron chi connectivity index (χ1n) is 10.9. The summed E-state index contributed by atoms with van der Waals surface area (Å²) in [5, 5.41) is 5.02. The maximum absolute atomic E-state index is 13.4. The Balaban J connectivity index is 1.55. The molecule has 7 heteroatoms. The van der Waals surface area contributed by atoms with Gasteiger partial charge >= 0.3 is 0 Å². The van der Waals surface area contributed by atoms with Gasteiger partial charge in [-0.3, -0.25) is 4.79 Å². The molecular formula is C28H19BrFN3O2. The molecule has 1 aromatic heterocycles. The molecule has 0 bridgehead atoms. The fourth-order valence-corrected chi connectivity index (χ4v) is 4.00. The van der Waals surface area contributed by atoms with Crippen molar-refractivity contribution in [3.05, 3.63) is 129 Å². The van der Waals surface area contributed by atoms with Gasteiger partial charge in [-0.2, -0.15) is 9.78 Å². The van der Waals surface area contributed by atoms with Gasteiger partial charge < -0.3 is 4.74 Å². The third-order valence-electron chi connectivity index (χ3n) is 5.38. The highest BCUT2D eigenvalue weighted by atomic mass is 79.9. The fraction of sp³-hybridized carbons (Fsp3) is 0.0357. The lowest BCUT2D eigenvalue weighted by atomic mass is 10.2. The molecule has 35 heavy (non-hydrogen) atoms. The van der Waals surface area contributed by atoms with Crippen LogP contribution in [-0.2, 0) is 6.61 Å². The fourth-order valence-electron chi connectivity index (χ4n) is 3.62. The molecule has 4 aromatic carbocycles. The zero-order chi connectivity index (χ0) is 24.2. The number of aromatic nitrogens is 2. The molecule has 172 valence electrons. The van der Waals surface area contributed by atoms with Gasteiger partial charge in [0.25, 0.3) is 5.56 Å². The molecule has 5 nitrogen and oxygen atoms in total. The van der Waals surface area contributed by atoms with Crippen molar-refractivity contribution >= 4 is 33.0 Å². The topological polar surface area (TPSA) is 56.5 Å². The molecule has 0 saturated heterocycles. The molecular weight excluding hydrogens is 509 g/mol. The Bertz CT molecular complexity index is 1580. The number of nitrogens with zero attached hydrogens (tertiary/aromatic N) is 3. The number of benzene rings is 4. The lowest BCUT2D eigenvalue weighted by Gasteiger charge is -2.11. The highest BCUT2D eigenvalue weighted by Crippen LogP contribution is 2.24. The Morgan fingerprint density at radius 1 is 0.943 bits per heavy atom. The minimum absolute atomic E-state index is 0.259. The Morgan fingerprint density at radius 2 is 1.69 bits per heavy atom. The van der Waals surface area contributed by atoms with E-state index in [1.807, 2.05) is 60.7 Å². The van der Waals surface area contributed by atoms with E-state index in [0.29, 0.717) is 28.0 Å². The first-order valence-corrected chi connectivity index (χ1v) is 11.7. The van der Waals surface area contributed by atoms with E-state index in [-0.39, 0.29) is 18.0 Å². The summed E-state index contributed by atoms with van der Waals surface area (Å²) < 4.78 is 21.3. The van der Waals surface area contributed by atoms with Crippen LogP contribution in [0.15, 0.2) is 111 Å². The van der Waals surface area contributed by atoms with Gasteiger partial charge in [-0.25, -0.2) is 9.37 Å². The van der Waals surface area contributed by atoms with Crippen LogP contribution < -0.4 is 10.3 Å². The van der Waals surface area contributed by atoms with E-state index in [9.17, 15) is 9.18 Å². The molecule has 0 N–H and O–H groups in total. The van der Waals surface area contributed by atoms with Crippen LogP contribution in [0.25, 0.3) is 22.3 Å². The van der Waals surface area contributed by atoms with Crippen molar-refractivity contribution < 1.29 is 9.13 Å². The molecule has 0 fully saturated rings. The van der Waals surface area contributed by atoms with E-state index >= 15 is 0 Å². The van der Waals surface area contributed by atoms with Crippen LogP contribution in [0.1, 0.15) is 11.1 Å². The number of hydrogen-bond donors (Lipinski definition) is 0. The lowest BCUT2D eigenvalue weighted by molar-refractivity contribution is 0.305. The van der Waals surface area contributed by atoms with Gasteiger partial charge in [0, 0.05) is 15.6 Å². The van der Waals surface area contributed by atoms with Crippen LogP contribution in [0.4, 0.5) is 4.39 Å². The van der Waals surface area contributed by atoms with Crippen molar-refractivity contribution in [2.24, 2.45) is 5.10 Å². The SMILES string of the molecule is O=c1c2ccccc2nc(-c2ccccc2)n1N=Cc1cc(Br)ccc1OCc1ccc(F)cc1. The van der Waals surface area contributed by atoms with E-state index in [1.54, 1.807) is 30.5 Å². The molecule has 0 saturated carbocycles. The van der Waals surface area contributed by atoms with E-state index in [1.165, 1.54) is 16.8 Å². The van der Waals surface area contributed by atoms with E-state index in [2.05, 4.69) is 21.0 Å². The van der Waals surface area contributed by atoms with Crippen LogP contribution in [0.3, 0.4) is 0 Å². The van der Waals surface area contributed by atoms with Gasteiger partial charge in [-0.15, -0.1) is 0 Å². The van der Waals surface area contributed by atoms with Crippen molar-refractivity contribution in [3.63, 3.8) is 0 Å². The zero-order valence-corrected chi connectivity index (χ0v) is 20.0. The van der Waals surface area contributed by atoms with Crippen LogP contribution in [-0.4, -0.2) is 15.9 Å². The first-order chi connectivity index (χ1) is 17.1. The highest BCUT2D eigenvalue weighted by Gasteiger charge is 2.12. The smallest absolute Gasteiger partial charge is 0.282 e. The molecule has 5 aromatic rings. The second-order valence-electron chi connectivity index (χ2n) is 7.78. The van der Waals surface area contributed by atoms with Crippen LogP contribution in [0.2, 0.25) is 0 Å². The third kappa shape index (κ3) is 5.05. The average Bonchev–Trinajstić information content (AvgIpc) is 2.89.